The summed E-state index contributed by atoms with van der Waals surface area (Å²) in [4.78, 5) is 2.32. The zero-order chi connectivity index (χ0) is 20.6. The van der Waals surface area contributed by atoms with Gasteiger partial charge in [0.25, 0.3) is 0 Å². The fourth-order valence-corrected chi connectivity index (χ4v) is 8.24. The quantitative estimate of drug-likeness (QED) is 0.839. The van der Waals surface area contributed by atoms with Crippen molar-refractivity contribution in [3.05, 3.63) is 65.2 Å². The predicted octanol–water partition coefficient (Wildman–Crippen LogP) is 2.74. The van der Waals surface area contributed by atoms with Crippen LogP contribution in [-0.4, -0.2) is 55.5 Å². The van der Waals surface area contributed by atoms with E-state index in [-0.39, 0.29) is 34.4 Å². The first-order chi connectivity index (χ1) is 13.7. The molecule has 4 atom stereocenters. The predicted molar refractivity (Wildman–Crippen MR) is 113 cm³/mol. The number of benzene rings is 2. The molecule has 5 rings (SSSR count). The third-order valence-electron chi connectivity index (χ3n) is 7.61. The number of phenols is 1. The maximum atomic E-state index is 13.4. The van der Waals surface area contributed by atoms with Crippen LogP contribution in [0.2, 0.25) is 0 Å². The third kappa shape index (κ3) is 2.62. The molecule has 29 heavy (non-hydrogen) atoms. The number of sulfonamides is 1. The number of likely N-dealkylation sites (N-methyl/N-ethyl adjacent to an activating group) is 2. The van der Waals surface area contributed by atoms with E-state index in [1.807, 2.05) is 42.5 Å². The number of hydrogen-bond donors (Lipinski definition) is 1. The minimum Gasteiger partial charge on any atom is -0.508 e. The molecule has 1 saturated carbocycles. The lowest BCUT2D eigenvalue weighted by atomic mass is 9.63. The van der Waals surface area contributed by atoms with Crippen LogP contribution < -0.4 is 0 Å². The van der Waals surface area contributed by atoms with Crippen molar-refractivity contribution >= 4 is 10.0 Å². The molecule has 0 aromatic heterocycles. The lowest BCUT2D eigenvalue weighted by molar-refractivity contribution is -0.0492. The van der Waals surface area contributed by atoms with Gasteiger partial charge in [-0.05, 0) is 48.7 Å². The average molecular weight is 413 g/mol. The van der Waals surface area contributed by atoms with Gasteiger partial charge in [-0.15, -0.1) is 0 Å². The number of fused-ring (bicyclic) bond motifs is 3. The molecule has 1 N–H and O–H groups in total. The Bertz CT molecular complexity index is 1070. The van der Waals surface area contributed by atoms with Crippen LogP contribution in [-0.2, 0) is 27.6 Å². The highest BCUT2D eigenvalue weighted by molar-refractivity contribution is 7.88. The van der Waals surface area contributed by atoms with Crippen LogP contribution in [0.15, 0.2) is 48.5 Å². The molecule has 2 aromatic rings. The maximum absolute atomic E-state index is 13.4. The zero-order valence-electron chi connectivity index (χ0n) is 17.2. The minimum absolute atomic E-state index is 0.00719. The molecule has 1 aliphatic heterocycles. The molecule has 2 fully saturated rings. The van der Waals surface area contributed by atoms with E-state index in [2.05, 4.69) is 18.9 Å². The first-order valence-electron chi connectivity index (χ1n) is 10.2. The molecule has 2 aliphatic carbocycles. The Labute approximate surface area is 173 Å². The monoisotopic (exact) mass is 412 g/mol. The van der Waals surface area contributed by atoms with Gasteiger partial charge in [-0.3, -0.25) is 0 Å². The van der Waals surface area contributed by atoms with Crippen LogP contribution in [0.1, 0.15) is 30.0 Å². The smallest absolute Gasteiger partial charge is 0.218 e. The van der Waals surface area contributed by atoms with Crippen molar-refractivity contribution in [3.8, 4) is 5.75 Å². The Morgan fingerprint density at radius 2 is 1.93 bits per heavy atom. The Kier molecular flexibility index (Phi) is 3.99. The zero-order valence-corrected chi connectivity index (χ0v) is 18.0. The second-order valence-electron chi connectivity index (χ2n) is 9.54. The summed E-state index contributed by atoms with van der Waals surface area (Å²) in [6, 6.07) is 15.1. The van der Waals surface area contributed by atoms with Gasteiger partial charge in [0, 0.05) is 30.5 Å². The molecule has 1 spiro atoms. The van der Waals surface area contributed by atoms with Gasteiger partial charge in [-0.2, -0.15) is 4.31 Å². The van der Waals surface area contributed by atoms with Gasteiger partial charge in [-0.1, -0.05) is 43.3 Å². The topological polar surface area (TPSA) is 60.9 Å². The summed E-state index contributed by atoms with van der Waals surface area (Å²) in [7, 11) is 0.360. The molecule has 1 saturated heterocycles. The minimum atomic E-state index is -3.49. The number of rotatable bonds is 4. The van der Waals surface area contributed by atoms with Crippen molar-refractivity contribution in [2.45, 2.75) is 43.0 Å². The van der Waals surface area contributed by atoms with Gasteiger partial charge in [-0.25, -0.2) is 8.42 Å². The van der Waals surface area contributed by atoms with Crippen LogP contribution in [0.4, 0.5) is 0 Å². The fraction of sp³-hybridized carbons (Fsp3) is 0.478. The number of likely N-dealkylation sites (tertiary alicyclic amines) is 1. The highest BCUT2D eigenvalue weighted by Crippen LogP contribution is 2.64. The van der Waals surface area contributed by atoms with Gasteiger partial charge in [0.15, 0.2) is 0 Å². The SMILES string of the molecule is CN1CC23Cc4ccc(O)cc4[C@@](C)(C2)[C@@H](N(C)S(=O)(=O)Cc2ccccc2)C13. The molecule has 1 heterocycles. The first-order valence-corrected chi connectivity index (χ1v) is 11.8. The number of hydrogen-bond acceptors (Lipinski definition) is 4. The van der Waals surface area contributed by atoms with Crippen molar-refractivity contribution in [2.24, 2.45) is 5.41 Å². The second kappa shape index (κ2) is 6.06. The standard InChI is InChI=1S/C23H28N2O3S/c1-22-14-23(12-17-9-10-18(26)11-19(17)22)15-24(2)21(23)20(22)25(3)29(27,28)13-16-7-5-4-6-8-16/h4-11,20-21,26H,12-15H2,1-3H3/t20-,21?,22+,23?/m0/s1. The summed E-state index contributed by atoms with van der Waals surface area (Å²) in [6.45, 7) is 3.19. The van der Waals surface area contributed by atoms with Crippen molar-refractivity contribution in [1.29, 1.82) is 0 Å². The Hall–Kier alpha value is -1.89. The van der Waals surface area contributed by atoms with Crippen LogP contribution in [0, 0.1) is 5.41 Å². The number of phenolic OH excluding ortho intramolecular Hbond substituents is 1. The molecule has 0 radical (unpaired) electrons. The van der Waals surface area contributed by atoms with Crippen LogP contribution in [0.3, 0.4) is 0 Å². The summed E-state index contributed by atoms with van der Waals surface area (Å²) >= 11 is 0. The van der Waals surface area contributed by atoms with Crippen molar-refractivity contribution in [3.63, 3.8) is 0 Å². The average Bonchev–Trinajstić information content (AvgIpc) is 2.83. The van der Waals surface area contributed by atoms with Crippen molar-refractivity contribution in [1.82, 2.24) is 9.21 Å². The van der Waals surface area contributed by atoms with E-state index in [0.29, 0.717) is 0 Å². The highest BCUT2D eigenvalue weighted by Gasteiger charge is 2.70. The van der Waals surface area contributed by atoms with Crippen molar-refractivity contribution < 1.29 is 13.5 Å². The lowest BCUT2D eigenvalue weighted by Crippen LogP contribution is -2.67. The summed E-state index contributed by atoms with van der Waals surface area (Å²) in [5, 5.41) is 10.2. The lowest BCUT2D eigenvalue weighted by Gasteiger charge is -2.55. The van der Waals surface area contributed by atoms with Gasteiger partial charge in [0.05, 0.1) is 11.8 Å². The summed E-state index contributed by atoms with van der Waals surface area (Å²) in [5.74, 6) is 0.259. The normalized spacial score (nSPS) is 33.2. The molecular weight excluding hydrogens is 384 g/mol. The van der Waals surface area contributed by atoms with E-state index in [1.54, 1.807) is 17.4 Å². The maximum Gasteiger partial charge on any atom is 0.218 e. The molecule has 3 aliphatic rings. The van der Waals surface area contributed by atoms with Gasteiger partial charge < -0.3 is 10.0 Å². The highest BCUT2D eigenvalue weighted by atomic mass is 32.2. The largest absolute Gasteiger partial charge is 0.508 e. The molecule has 154 valence electrons. The van der Waals surface area contributed by atoms with E-state index in [0.717, 1.165) is 30.5 Å². The van der Waals surface area contributed by atoms with E-state index in [9.17, 15) is 13.5 Å². The number of nitrogens with zero attached hydrogens (tertiary/aromatic N) is 2. The molecule has 2 unspecified atom stereocenters. The van der Waals surface area contributed by atoms with Crippen LogP contribution in [0.25, 0.3) is 0 Å². The van der Waals surface area contributed by atoms with E-state index >= 15 is 0 Å². The Balaban J connectivity index is 1.58. The molecule has 6 heteroatoms. The summed E-state index contributed by atoms with van der Waals surface area (Å²) < 4.78 is 28.5. The first kappa shape index (κ1) is 19.1. The Morgan fingerprint density at radius 3 is 2.62 bits per heavy atom. The van der Waals surface area contributed by atoms with Crippen LogP contribution in [0.5, 0.6) is 5.75 Å². The van der Waals surface area contributed by atoms with E-state index in [1.165, 1.54) is 5.56 Å². The van der Waals surface area contributed by atoms with Gasteiger partial charge in [0.1, 0.15) is 5.75 Å². The molecule has 2 aromatic carbocycles. The van der Waals surface area contributed by atoms with Crippen LogP contribution >= 0.6 is 0 Å². The Morgan fingerprint density at radius 1 is 1.21 bits per heavy atom. The van der Waals surface area contributed by atoms with Crippen molar-refractivity contribution in [2.75, 3.05) is 20.6 Å². The molecule has 2 bridgehead atoms. The molecular formula is C23H28N2O3S. The second-order valence-corrected chi connectivity index (χ2v) is 11.6. The summed E-state index contributed by atoms with van der Waals surface area (Å²) in [5.41, 5.74) is 2.97. The summed E-state index contributed by atoms with van der Waals surface area (Å²) in [6.07, 6.45) is 1.91. The van der Waals surface area contributed by atoms with Gasteiger partial charge >= 0.3 is 0 Å². The fourth-order valence-electron chi connectivity index (χ4n) is 6.73. The third-order valence-corrected chi connectivity index (χ3v) is 9.41. The molecule has 5 nitrogen and oxygen atoms in total. The van der Waals surface area contributed by atoms with Gasteiger partial charge in [0.2, 0.25) is 10.0 Å². The van der Waals surface area contributed by atoms with E-state index in [4.69, 9.17) is 0 Å². The van der Waals surface area contributed by atoms with E-state index < -0.39 is 10.0 Å². The number of aromatic hydroxyl groups is 1. The molecule has 0 amide bonds.